The minimum absolute atomic E-state index is 0.0444. The summed E-state index contributed by atoms with van der Waals surface area (Å²) in [4.78, 5) is 17.8. The van der Waals surface area contributed by atoms with E-state index in [1.807, 2.05) is 0 Å². The zero-order chi connectivity index (χ0) is 12.3. The number of nitrogens with one attached hydrogen (secondary N) is 1. The predicted octanol–water partition coefficient (Wildman–Crippen LogP) is -0.178. The normalized spacial score (nSPS) is 19.4. The second-order valence-corrected chi connectivity index (χ2v) is 4.16. The van der Waals surface area contributed by atoms with Crippen LogP contribution >= 0.6 is 0 Å². The maximum atomic E-state index is 12.1. The number of aliphatic hydroxyl groups is 1. The summed E-state index contributed by atoms with van der Waals surface area (Å²) < 4.78 is 0. The molecule has 4 N–H and O–H groups in total. The molecule has 0 radical (unpaired) electrons. The number of carbonyl (C=O) groups is 1. The molecule has 1 aliphatic heterocycles. The van der Waals surface area contributed by atoms with E-state index in [0.717, 1.165) is 6.42 Å². The summed E-state index contributed by atoms with van der Waals surface area (Å²) in [5.74, 6) is 5.88. The van der Waals surface area contributed by atoms with E-state index in [-0.39, 0.29) is 18.4 Å². The van der Waals surface area contributed by atoms with E-state index in [2.05, 4.69) is 10.4 Å². The molecule has 92 valence electrons. The molecule has 1 fully saturated rings. The highest BCUT2D eigenvalue weighted by molar-refractivity contribution is 5.94. The molecule has 17 heavy (non-hydrogen) atoms. The number of pyridine rings is 1. The van der Waals surface area contributed by atoms with Crippen LogP contribution in [0.1, 0.15) is 16.8 Å². The molecule has 0 spiro atoms. The quantitative estimate of drug-likeness (QED) is 0.500. The highest BCUT2D eigenvalue weighted by Gasteiger charge is 2.26. The van der Waals surface area contributed by atoms with Crippen molar-refractivity contribution in [2.45, 2.75) is 6.42 Å². The zero-order valence-electron chi connectivity index (χ0n) is 9.47. The average Bonchev–Trinajstić information content (AvgIpc) is 2.87. The van der Waals surface area contributed by atoms with E-state index >= 15 is 0 Å². The molecule has 1 aliphatic rings. The number of carbonyl (C=O) groups excluding carboxylic acids is 1. The molecule has 0 aromatic carbocycles. The molecule has 1 unspecified atom stereocenters. The maximum Gasteiger partial charge on any atom is 0.255 e. The number of rotatable bonds is 3. The number of nitrogens with two attached hydrogens (primary N) is 1. The van der Waals surface area contributed by atoms with Crippen LogP contribution < -0.4 is 11.3 Å². The number of aromatic nitrogens is 1. The first kappa shape index (κ1) is 11.8. The Balaban J connectivity index is 2.04. The van der Waals surface area contributed by atoms with Gasteiger partial charge >= 0.3 is 0 Å². The molecule has 1 atom stereocenters. The smallest absolute Gasteiger partial charge is 0.255 e. The molecule has 1 aromatic rings. The second-order valence-electron chi connectivity index (χ2n) is 4.16. The van der Waals surface area contributed by atoms with Gasteiger partial charge in [-0.3, -0.25) is 4.79 Å². The van der Waals surface area contributed by atoms with Gasteiger partial charge in [-0.05, 0) is 18.6 Å². The lowest BCUT2D eigenvalue weighted by atomic mass is 10.1. The van der Waals surface area contributed by atoms with Crippen molar-refractivity contribution < 1.29 is 9.90 Å². The van der Waals surface area contributed by atoms with Crippen molar-refractivity contribution in [2.75, 3.05) is 25.1 Å². The van der Waals surface area contributed by atoms with E-state index in [1.165, 1.54) is 6.20 Å². The lowest BCUT2D eigenvalue weighted by Crippen LogP contribution is -2.29. The number of aliphatic hydroxyl groups excluding tert-OH is 1. The molecule has 0 aliphatic carbocycles. The topological polar surface area (TPSA) is 91.5 Å². The van der Waals surface area contributed by atoms with Gasteiger partial charge in [0, 0.05) is 31.8 Å². The van der Waals surface area contributed by atoms with Crippen LogP contribution in [0.3, 0.4) is 0 Å². The van der Waals surface area contributed by atoms with Gasteiger partial charge in [-0.2, -0.15) is 0 Å². The highest BCUT2D eigenvalue weighted by Crippen LogP contribution is 2.18. The van der Waals surface area contributed by atoms with Gasteiger partial charge in [0.05, 0.1) is 5.56 Å². The number of hydrazine groups is 1. The van der Waals surface area contributed by atoms with Gasteiger partial charge in [0.15, 0.2) is 0 Å². The molecule has 2 rings (SSSR count). The lowest BCUT2D eigenvalue weighted by molar-refractivity contribution is 0.0781. The molecule has 0 saturated carbocycles. The van der Waals surface area contributed by atoms with Gasteiger partial charge < -0.3 is 15.4 Å². The maximum absolute atomic E-state index is 12.1. The Morgan fingerprint density at radius 1 is 1.65 bits per heavy atom. The SMILES string of the molecule is NNc1ccc(C(=O)N2CCC(CO)C2)cn1. The summed E-state index contributed by atoms with van der Waals surface area (Å²) in [5.41, 5.74) is 2.95. The van der Waals surface area contributed by atoms with Crippen LogP contribution in [0.5, 0.6) is 0 Å². The van der Waals surface area contributed by atoms with Crippen molar-refractivity contribution in [2.24, 2.45) is 11.8 Å². The standard InChI is InChI=1S/C11H16N4O2/c12-14-10-2-1-9(5-13-10)11(17)15-4-3-8(6-15)7-16/h1-2,5,8,16H,3-4,6-7,12H2,(H,13,14). The van der Waals surface area contributed by atoms with Crippen LogP contribution in [0.2, 0.25) is 0 Å². The van der Waals surface area contributed by atoms with Gasteiger partial charge in [0.2, 0.25) is 0 Å². The molecule has 1 amide bonds. The van der Waals surface area contributed by atoms with E-state index in [1.54, 1.807) is 17.0 Å². The van der Waals surface area contributed by atoms with Crippen LogP contribution in [0.25, 0.3) is 0 Å². The summed E-state index contributed by atoms with van der Waals surface area (Å²) in [6.07, 6.45) is 2.36. The van der Waals surface area contributed by atoms with Gasteiger partial charge in [0.1, 0.15) is 5.82 Å². The summed E-state index contributed by atoms with van der Waals surface area (Å²) in [6.45, 7) is 1.45. The van der Waals surface area contributed by atoms with Crippen LogP contribution in [-0.4, -0.2) is 40.6 Å². The first-order valence-electron chi connectivity index (χ1n) is 5.57. The molecule has 1 saturated heterocycles. The number of likely N-dealkylation sites (tertiary alicyclic amines) is 1. The Morgan fingerprint density at radius 2 is 2.47 bits per heavy atom. The fourth-order valence-corrected chi connectivity index (χ4v) is 1.95. The van der Waals surface area contributed by atoms with Crippen LogP contribution in [-0.2, 0) is 0 Å². The largest absolute Gasteiger partial charge is 0.396 e. The average molecular weight is 236 g/mol. The number of nitrogen functional groups attached to an aromatic ring is 1. The van der Waals surface area contributed by atoms with E-state index in [9.17, 15) is 4.79 Å². The van der Waals surface area contributed by atoms with Gasteiger partial charge in [-0.1, -0.05) is 0 Å². The first-order valence-corrected chi connectivity index (χ1v) is 5.57. The Morgan fingerprint density at radius 3 is 3.00 bits per heavy atom. The molecule has 6 nitrogen and oxygen atoms in total. The van der Waals surface area contributed by atoms with Crippen molar-refractivity contribution in [1.82, 2.24) is 9.88 Å². The van der Waals surface area contributed by atoms with Crippen molar-refractivity contribution in [1.29, 1.82) is 0 Å². The fourth-order valence-electron chi connectivity index (χ4n) is 1.95. The molecular weight excluding hydrogens is 220 g/mol. The fraction of sp³-hybridized carbons (Fsp3) is 0.455. The van der Waals surface area contributed by atoms with E-state index < -0.39 is 0 Å². The molecule has 0 bridgehead atoms. The van der Waals surface area contributed by atoms with Crippen molar-refractivity contribution in [3.05, 3.63) is 23.9 Å². The van der Waals surface area contributed by atoms with Gasteiger partial charge in [-0.15, -0.1) is 0 Å². The van der Waals surface area contributed by atoms with Crippen molar-refractivity contribution >= 4 is 11.7 Å². The number of amides is 1. The monoisotopic (exact) mass is 236 g/mol. The van der Waals surface area contributed by atoms with E-state index in [4.69, 9.17) is 10.9 Å². The van der Waals surface area contributed by atoms with Crippen molar-refractivity contribution in [3.63, 3.8) is 0 Å². The minimum Gasteiger partial charge on any atom is -0.396 e. The lowest BCUT2D eigenvalue weighted by Gasteiger charge is -2.16. The Hall–Kier alpha value is -1.66. The van der Waals surface area contributed by atoms with Crippen LogP contribution in [0, 0.1) is 5.92 Å². The van der Waals surface area contributed by atoms with Gasteiger partial charge in [0.25, 0.3) is 5.91 Å². The zero-order valence-corrected chi connectivity index (χ0v) is 9.47. The minimum atomic E-state index is -0.0444. The first-order chi connectivity index (χ1) is 8.24. The number of hydrogen-bond donors (Lipinski definition) is 3. The van der Waals surface area contributed by atoms with E-state index in [0.29, 0.717) is 24.5 Å². The Kier molecular flexibility index (Phi) is 3.55. The Bertz CT molecular complexity index is 393. The molecule has 2 heterocycles. The summed E-state index contributed by atoms with van der Waals surface area (Å²) in [5, 5.41) is 9.03. The summed E-state index contributed by atoms with van der Waals surface area (Å²) in [7, 11) is 0. The van der Waals surface area contributed by atoms with Gasteiger partial charge in [-0.25, -0.2) is 10.8 Å². The van der Waals surface area contributed by atoms with Crippen LogP contribution in [0.15, 0.2) is 18.3 Å². The summed E-state index contributed by atoms with van der Waals surface area (Å²) in [6, 6.07) is 3.35. The molecule has 6 heteroatoms. The predicted molar refractivity (Wildman–Crippen MR) is 63.1 cm³/mol. The van der Waals surface area contributed by atoms with Crippen molar-refractivity contribution in [3.8, 4) is 0 Å². The highest BCUT2D eigenvalue weighted by atomic mass is 16.3. The molecule has 1 aromatic heterocycles. The third kappa shape index (κ3) is 2.54. The number of hydrogen-bond acceptors (Lipinski definition) is 5. The third-order valence-corrected chi connectivity index (χ3v) is 2.99. The summed E-state index contributed by atoms with van der Waals surface area (Å²) >= 11 is 0. The van der Waals surface area contributed by atoms with Crippen LogP contribution in [0.4, 0.5) is 5.82 Å². The second kappa shape index (κ2) is 5.11. The molecular formula is C11H16N4O2. The Labute approximate surface area is 99.4 Å². The third-order valence-electron chi connectivity index (χ3n) is 2.99. The number of nitrogens with zero attached hydrogens (tertiary/aromatic N) is 2. The number of anilines is 1.